The first-order valence-corrected chi connectivity index (χ1v) is 8.36. The van der Waals surface area contributed by atoms with Crippen LogP contribution in [0.25, 0.3) is 0 Å². The van der Waals surface area contributed by atoms with Crippen LogP contribution in [0.15, 0.2) is 36.9 Å². The summed E-state index contributed by atoms with van der Waals surface area (Å²) in [4.78, 5) is 22.8. The fourth-order valence-corrected chi connectivity index (χ4v) is 2.94. The highest BCUT2D eigenvalue weighted by atomic mass is 16.5. The number of carbonyl (C=O) groups excluding carboxylic acids is 1. The predicted octanol–water partition coefficient (Wildman–Crippen LogP) is 1.66. The Morgan fingerprint density at radius 1 is 1.33 bits per heavy atom. The quantitative estimate of drug-likeness (QED) is 0.927. The minimum absolute atomic E-state index is 0.000303. The lowest BCUT2D eigenvalue weighted by molar-refractivity contribution is 0.165. The second-order valence-electron chi connectivity index (χ2n) is 6.47. The number of aromatic nitrogens is 3. The molecular weight excluding hydrogens is 306 g/mol. The van der Waals surface area contributed by atoms with E-state index in [9.17, 15) is 4.79 Å². The minimum Gasteiger partial charge on any atom is -0.492 e. The van der Waals surface area contributed by atoms with Gasteiger partial charge in [0.05, 0.1) is 19.3 Å². The predicted molar refractivity (Wildman–Crippen MR) is 87.4 cm³/mol. The fraction of sp³-hybridized carbons (Fsp3) is 0.471. The number of ether oxygens (including phenoxy) is 1. The van der Waals surface area contributed by atoms with Crippen molar-refractivity contribution < 1.29 is 9.53 Å². The maximum absolute atomic E-state index is 12.5. The van der Waals surface area contributed by atoms with E-state index >= 15 is 0 Å². The number of rotatable bonds is 4. The van der Waals surface area contributed by atoms with E-state index in [0.29, 0.717) is 25.7 Å². The molecule has 0 spiro atoms. The zero-order valence-corrected chi connectivity index (χ0v) is 13.5. The van der Waals surface area contributed by atoms with Gasteiger partial charge in [0.15, 0.2) is 0 Å². The van der Waals surface area contributed by atoms with Crippen LogP contribution in [0, 0.1) is 5.92 Å². The van der Waals surface area contributed by atoms with Crippen molar-refractivity contribution in [3.8, 4) is 5.75 Å². The van der Waals surface area contributed by atoms with E-state index < -0.39 is 0 Å². The molecule has 0 aromatic carbocycles. The van der Waals surface area contributed by atoms with Gasteiger partial charge in [0.2, 0.25) is 0 Å². The molecule has 2 aromatic heterocycles. The summed E-state index contributed by atoms with van der Waals surface area (Å²) in [7, 11) is 0. The lowest BCUT2D eigenvalue weighted by Gasteiger charge is -2.24. The lowest BCUT2D eigenvalue weighted by Crippen LogP contribution is -2.43. The Bertz CT molecular complexity index is 698. The largest absolute Gasteiger partial charge is 0.492 e. The van der Waals surface area contributed by atoms with E-state index in [1.54, 1.807) is 18.6 Å². The van der Waals surface area contributed by atoms with E-state index in [1.807, 2.05) is 23.2 Å². The SMILES string of the molecule is O=C(NC1CC1)N1Cc2nccn2CC(COc2cccnc2)C1. The van der Waals surface area contributed by atoms with E-state index in [1.165, 1.54) is 0 Å². The first-order valence-electron chi connectivity index (χ1n) is 8.36. The molecule has 1 unspecified atom stereocenters. The van der Waals surface area contributed by atoms with Crippen LogP contribution < -0.4 is 10.1 Å². The Labute approximate surface area is 140 Å². The van der Waals surface area contributed by atoms with Gasteiger partial charge in [0.25, 0.3) is 0 Å². The van der Waals surface area contributed by atoms with Crippen molar-refractivity contribution in [1.82, 2.24) is 24.8 Å². The molecule has 2 aromatic rings. The van der Waals surface area contributed by atoms with Gasteiger partial charge in [0, 0.05) is 43.6 Å². The summed E-state index contributed by atoms with van der Waals surface area (Å²) in [6.45, 7) is 2.52. The van der Waals surface area contributed by atoms with Crippen molar-refractivity contribution in [2.75, 3.05) is 13.2 Å². The van der Waals surface area contributed by atoms with Crippen molar-refractivity contribution in [3.05, 3.63) is 42.7 Å². The number of nitrogens with zero attached hydrogens (tertiary/aromatic N) is 4. The first-order chi connectivity index (χ1) is 11.8. The van der Waals surface area contributed by atoms with Crippen LogP contribution in [0.3, 0.4) is 0 Å². The van der Waals surface area contributed by atoms with E-state index in [4.69, 9.17) is 4.74 Å². The zero-order chi connectivity index (χ0) is 16.4. The molecule has 4 rings (SSSR count). The molecule has 1 N–H and O–H groups in total. The molecule has 126 valence electrons. The molecule has 0 bridgehead atoms. The maximum Gasteiger partial charge on any atom is 0.318 e. The van der Waals surface area contributed by atoms with Gasteiger partial charge in [-0.25, -0.2) is 9.78 Å². The number of urea groups is 1. The third kappa shape index (κ3) is 3.50. The minimum atomic E-state index is 0.000303. The Hall–Kier alpha value is -2.57. The number of fused-ring (bicyclic) bond motifs is 1. The summed E-state index contributed by atoms with van der Waals surface area (Å²) < 4.78 is 7.97. The number of pyridine rings is 1. The van der Waals surface area contributed by atoms with Crippen LogP contribution in [-0.4, -0.2) is 44.7 Å². The third-order valence-electron chi connectivity index (χ3n) is 4.38. The molecule has 24 heavy (non-hydrogen) atoms. The van der Waals surface area contributed by atoms with Crippen LogP contribution in [0.1, 0.15) is 18.7 Å². The zero-order valence-electron chi connectivity index (χ0n) is 13.5. The highest BCUT2D eigenvalue weighted by Gasteiger charge is 2.30. The molecule has 2 amide bonds. The number of imidazole rings is 1. The summed E-state index contributed by atoms with van der Waals surface area (Å²) in [6.07, 6.45) is 9.35. The number of carbonyl (C=O) groups is 1. The molecule has 1 fully saturated rings. The van der Waals surface area contributed by atoms with E-state index in [0.717, 1.165) is 31.0 Å². The van der Waals surface area contributed by atoms with Crippen LogP contribution in [-0.2, 0) is 13.1 Å². The van der Waals surface area contributed by atoms with Crippen LogP contribution >= 0.6 is 0 Å². The highest BCUT2D eigenvalue weighted by Crippen LogP contribution is 2.21. The molecule has 2 aliphatic rings. The lowest BCUT2D eigenvalue weighted by atomic mass is 10.1. The molecule has 1 atom stereocenters. The van der Waals surface area contributed by atoms with Crippen molar-refractivity contribution in [3.63, 3.8) is 0 Å². The van der Waals surface area contributed by atoms with Crippen LogP contribution in [0.2, 0.25) is 0 Å². The normalized spacial score (nSPS) is 20.2. The number of hydrogen-bond donors (Lipinski definition) is 1. The van der Waals surface area contributed by atoms with Gasteiger partial charge in [-0.15, -0.1) is 0 Å². The second kappa shape index (κ2) is 6.51. The standard InChI is InChI=1S/C17H21N5O2/c23-17(20-14-3-4-14)22-10-13(9-21-7-6-19-16(21)11-22)12-24-15-2-1-5-18-8-15/h1-2,5-8,13-14H,3-4,9-12H2,(H,20,23). The molecule has 1 aliphatic carbocycles. The van der Waals surface area contributed by atoms with Gasteiger partial charge < -0.3 is 19.5 Å². The average molecular weight is 327 g/mol. The van der Waals surface area contributed by atoms with Gasteiger partial charge in [-0.1, -0.05) is 0 Å². The van der Waals surface area contributed by atoms with Gasteiger partial charge in [-0.05, 0) is 25.0 Å². The summed E-state index contributed by atoms with van der Waals surface area (Å²) in [6, 6.07) is 4.10. The van der Waals surface area contributed by atoms with Gasteiger partial charge in [0.1, 0.15) is 11.6 Å². The molecule has 0 radical (unpaired) electrons. The topological polar surface area (TPSA) is 72.3 Å². The van der Waals surface area contributed by atoms with E-state index in [2.05, 4.69) is 19.9 Å². The maximum atomic E-state index is 12.5. The fourth-order valence-electron chi connectivity index (χ4n) is 2.94. The average Bonchev–Trinajstić information content (AvgIpc) is 3.35. The Balaban J connectivity index is 1.45. The van der Waals surface area contributed by atoms with Gasteiger partial charge >= 0.3 is 6.03 Å². The number of hydrogen-bond acceptors (Lipinski definition) is 4. The molecule has 1 saturated carbocycles. The second-order valence-corrected chi connectivity index (χ2v) is 6.47. The Morgan fingerprint density at radius 2 is 2.25 bits per heavy atom. The van der Waals surface area contributed by atoms with Crippen molar-refractivity contribution in [2.24, 2.45) is 5.92 Å². The van der Waals surface area contributed by atoms with Gasteiger partial charge in [-0.3, -0.25) is 4.98 Å². The number of amides is 2. The molecule has 7 nitrogen and oxygen atoms in total. The van der Waals surface area contributed by atoms with Gasteiger partial charge in [-0.2, -0.15) is 0 Å². The summed E-state index contributed by atoms with van der Waals surface area (Å²) in [5, 5.41) is 3.07. The summed E-state index contributed by atoms with van der Waals surface area (Å²) in [5.41, 5.74) is 0. The third-order valence-corrected chi connectivity index (χ3v) is 4.38. The van der Waals surface area contributed by atoms with Crippen molar-refractivity contribution in [2.45, 2.75) is 32.0 Å². The van der Waals surface area contributed by atoms with Crippen molar-refractivity contribution in [1.29, 1.82) is 0 Å². The molecule has 1 aliphatic heterocycles. The Kier molecular flexibility index (Phi) is 4.06. The first kappa shape index (κ1) is 15.0. The molecule has 7 heteroatoms. The molecule has 0 saturated heterocycles. The monoisotopic (exact) mass is 327 g/mol. The van der Waals surface area contributed by atoms with Crippen LogP contribution in [0.5, 0.6) is 5.75 Å². The molecule has 3 heterocycles. The Morgan fingerprint density at radius 3 is 3.04 bits per heavy atom. The van der Waals surface area contributed by atoms with Crippen LogP contribution in [0.4, 0.5) is 4.79 Å². The summed E-state index contributed by atoms with van der Waals surface area (Å²) >= 11 is 0. The smallest absolute Gasteiger partial charge is 0.318 e. The molecular formula is C17H21N5O2. The van der Waals surface area contributed by atoms with E-state index in [-0.39, 0.29) is 11.9 Å². The summed E-state index contributed by atoms with van der Waals surface area (Å²) in [5.74, 6) is 1.87. The number of nitrogens with one attached hydrogen (secondary N) is 1. The van der Waals surface area contributed by atoms with Crippen molar-refractivity contribution >= 4 is 6.03 Å². The highest BCUT2D eigenvalue weighted by molar-refractivity contribution is 5.74.